The highest BCUT2D eigenvalue weighted by Crippen LogP contribution is 2.38. The lowest BCUT2D eigenvalue weighted by Gasteiger charge is -2.29. The average Bonchev–Trinajstić information content (AvgIpc) is 2.57. The molecule has 0 bridgehead atoms. The molecule has 0 N–H and O–H groups in total. The molecule has 128 valence electrons. The van der Waals surface area contributed by atoms with Crippen LogP contribution >= 0.6 is 0 Å². The number of carbonyl (C=O) groups is 1. The van der Waals surface area contributed by atoms with Gasteiger partial charge in [0.25, 0.3) is 0 Å². The summed E-state index contributed by atoms with van der Waals surface area (Å²) in [6.45, 7) is 4.27. The van der Waals surface area contributed by atoms with Crippen molar-refractivity contribution in [2.24, 2.45) is 5.92 Å². The lowest BCUT2D eigenvalue weighted by Crippen LogP contribution is -2.13. The van der Waals surface area contributed by atoms with Gasteiger partial charge in [-0.3, -0.25) is 4.79 Å². The average molecular weight is 316 g/mol. The molecular weight excluding hydrogens is 284 g/mol. The van der Waals surface area contributed by atoms with Crippen molar-refractivity contribution in [3.8, 4) is 5.75 Å². The van der Waals surface area contributed by atoms with Crippen LogP contribution in [0, 0.1) is 5.92 Å². The van der Waals surface area contributed by atoms with Crippen LogP contribution in [0.3, 0.4) is 0 Å². The van der Waals surface area contributed by atoms with E-state index in [-0.39, 0.29) is 5.97 Å². The predicted molar refractivity (Wildman–Crippen MR) is 95.8 cm³/mol. The lowest BCUT2D eigenvalue weighted by atomic mass is 9.77. The third-order valence-electron chi connectivity index (χ3n) is 5.10. The number of hydrogen-bond acceptors (Lipinski definition) is 2. The van der Waals surface area contributed by atoms with Crippen LogP contribution < -0.4 is 4.74 Å². The third kappa shape index (κ3) is 6.01. The fourth-order valence-corrected chi connectivity index (χ4v) is 3.66. The number of carbonyl (C=O) groups excluding carboxylic acids is 1. The predicted octanol–water partition coefficient (Wildman–Crippen LogP) is 6.25. The largest absolute Gasteiger partial charge is 0.427 e. The number of hydrogen-bond donors (Lipinski definition) is 0. The monoisotopic (exact) mass is 316 g/mol. The molecule has 0 aromatic heterocycles. The molecular formula is C21H32O2. The molecule has 1 saturated carbocycles. The first-order valence-electron chi connectivity index (χ1n) is 9.53. The number of esters is 1. The van der Waals surface area contributed by atoms with Crippen LogP contribution in [0.25, 0.3) is 0 Å². The molecule has 1 aliphatic rings. The number of ether oxygens (including phenoxy) is 1. The molecule has 1 aromatic carbocycles. The Morgan fingerprint density at radius 3 is 2.30 bits per heavy atom. The van der Waals surface area contributed by atoms with Gasteiger partial charge >= 0.3 is 5.97 Å². The van der Waals surface area contributed by atoms with E-state index >= 15 is 0 Å². The quantitative estimate of drug-likeness (QED) is 0.322. The second-order valence-electron chi connectivity index (χ2n) is 7.01. The molecule has 0 amide bonds. The Hall–Kier alpha value is -1.31. The highest BCUT2D eigenvalue weighted by atomic mass is 16.5. The maximum Gasteiger partial charge on any atom is 0.311 e. The molecule has 23 heavy (non-hydrogen) atoms. The minimum Gasteiger partial charge on any atom is -0.427 e. The fourth-order valence-electron chi connectivity index (χ4n) is 3.66. The maximum atomic E-state index is 11.5. The van der Waals surface area contributed by atoms with Crippen LogP contribution in [-0.4, -0.2) is 5.97 Å². The summed E-state index contributed by atoms with van der Waals surface area (Å²) in [5, 5.41) is 0. The van der Waals surface area contributed by atoms with E-state index < -0.39 is 0 Å². The Morgan fingerprint density at radius 2 is 1.70 bits per heavy atom. The Balaban J connectivity index is 1.78. The summed E-state index contributed by atoms with van der Waals surface area (Å²) in [4.78, 5) is 11.5. The van der Waals surface area contributed by atoms with Gasteiger partial charge in [-0.25, -0.2) is 0 Å². The van der Waals surface area contributed by atoms with Gasteiger partial charge in [-0.05, 0) is 61.6 Å². The van der Waals surface area contributed by atoms with Crippen molar-refractivity contribution < 1.29 is 9.53 Å². The second kappa shape index (κ2) is 9.75. The van der Waals surface area contributed by atoms with Gasteiger partial charge in [0.1, 0.15) is 5.75 Å². The Morgan fingerprint density at radius 1 is 1.00 bits per heavy atom. The van der Waals surface area contributed by atoms with Gasteiger partial charge < -0.3 is 4.74 Å². The molecule has 2 nitrogen and oxygen atoms in total. The van der Waals surface area contributed by atoms with E-state index in [0.29, 0.717) is 18.1 Å². The van der Waals surface area contributed by atoms with Crippen LogP contribution in [-0.2, 0) is 4.79 Å². The zero-order valence-electron chi connectivity index (χ0n) is 14.9. The smallest absolute Gasteiger partial charge is 0.311 e. The third-order valence-corrected chi connectivity index (χ3v) is 5.10. The van der Waals surface area contributed by atoms with Crippen molar-refractivity contribution >= 4 is 5.97 Å². The summed E-state index contributed by atoms with van der Waals surface area (Å²) in [5.74, 6) is 2.19. The van der Waals surface area contributed by atoms with Gasteiger partial charge in [0.05, 0.1) is 0 Å². The zero-order valence-corrected chi connectivity index (χ0v) is 14.9. The van der Waals surface area contributed by atoms with Crippen LogP contribution in [0.2, 0.25) is 0 Å². The van der Waals surface area contributed by atoms with Gasteiger partial charge in [0.2, 0.25) is 0 Å². The van der Waals surface area contributed by atoms with E-state index in [0.717, 1.165) is 12.3 Å². The van der Waals surface area contributed by atoms with Crippen molar-refractivity contribution in [2.75, 3.05) is 0 Å². The Kier molecular flexibility index (Phi) is 7.64. The van der Waals surface area contributed by atoms with Gasteiger partial charge in [0.15, 0.2) is 0 Å². The summed E-state index contributed by atoms with van der Waals surface area (Å²) >= 11 is 0. The molecule has 2 rings (SSSR count). The minimum absolute atomic E-state index is 0.132. The highest BCUT2D eigenvalue weighted by molar-refractivity contribution is 5.72. The number of rotatable bonds is 8. The van der Waals surface area contributed by atoms with Crippen molar-refractivity contribution in [1.82, 2.24) is 0 Å². The van der Waals surface area contributed by atoms with E-state index in [1.807, 2.05) is 19.1 Å². The first-order valence-corrected chi connectivity index (χ1v) is 9.53. The first kappa shape index (κ1) is 18.0. The molecule has 0 heterocycles. The van der Waals surface area contributed by atoms with Crippen molar-refractivity contribution in [2.45, 2.75) is 84.0 Å². The molecule has 0 unspecified atom stereocenters. The van der Waals surface area contributed by atoms with Gasteiger partial charge in [-0.2, -0.15) is 0 Å². The Bertz CT molecular complexity index is 455. The first-order chi connectivity index (χ1) is 11.2. The molecule has 0 saturated heterocycles. The molecule has 1 aliphatic carbocycles. The van der Waals surface area contributed by atoms with E-state index in [1.165, 1.54) is 56.9 Å². The van der Waals surface area contributed by atoms with Gasteiger partial charge in [-0.15, -0.1) is 0 Å². The van der Waals surface area contributed by atoms with Crippen LogP contribution in [0.1, 0.15) is 89.5 Å². The highest BCUT2D eigenvalue weighted by Gasteiger charge is 2.22. The van der Waals surface area contributed by atoms with Crippen LogP contribution in [0.4, 0.5) is 0 Å². The summed E-state index contributed by atoms with van der Waals surface area (Å²) in [5.41, 5.74) is 1.41. The molecule has 1 fully saturated rings. The van der Waals surface area contributed by atoms with Crippen molar-refractivity contribution in [1.29, 1.82) is 0 Å². The lowest BCUT2D eigenvalue weighted by molar-refractivity contribution is -0.134. The standard InChI is InChI=1S/C21H32O2/c1-3-5-6-8-17-9-11-18(12-10-17)19-13-15-20(16-14-19)23-21(22)7-4-2/h13-18H,3-12H2,1-2H3. The van der Waals surface area contributed by atoms with Gasteiger partial charge in [0, 0.05) is 6.42 Å². The molecule has 0 atom stereocenters. The summed E-state index contributed by atoms with van der Waals surface area (Å²) in [6.07, 6.45) is 12.2. The number of unbranched alkanes of at least 4 members (excludes halogenated alkanes) is 2. The van der Waals surface area contributed by atoms with E-state index in [4.69, 9.17) is 4.74 Å². The van der Waals surface area contributed by atoms with Crippen molar-refractivity contribution in [3.63, 3.8) is 0 Å². The topological polar surface area (TPSA) is 26.3 Å². The van der Waals surface area contributed by atoms with Gasteiger partial charge in [-0.1, -0.05) is 51.7 Å². The van der Waals surface area contributed by atoms with Crippen LogP contribution in [0.5, 0.6) is 5.75 Å². The normalized spacial score (nSPS) is 21.1. The van der Waals surface area contributed by atoms with Crippen LogP contribution in [0.15, 0.2) is 24.3 Å². The summed E-state index contributed by atoms with van der Waals surface area (Å²) < 4.78 is 5.33. The number of benzene rings is 1. The molecule has 0 radical (unpaired) electrons. The fraction of sp³-hybridized carbons (Fsp3) is 0.667. The summed E-state index contributed by atoms with van der Waals surface area (Å²) in [7, 11) is 0. The second-order valence-corrected chi connectivity index (χ2v) is 7.01. The zero-order chi connectivity index (χ0) is 16.5. The maximum absolute atomic E-state index is 11.5. The van der Waals surface area contributed by atoms with E-state index in [1.54, 1.807) is 0 Å². The SMILES string of the molecule is CCCCCC1CCC(c2ccc(OC(=O)CCC)cc2)CC1. The van der Waals surface area contributed by atoms with Crippen molar-refractivity contribution in [3.05, 3.63) is 29.8 Å². The molecule has 0 spiro atoms. The molecule has 1 aromatic rings. The molecule has 2 heteroatoms. The summed E-state index contributed by atoms with van der Waals surface area (Å²) in [6, 6.07) is 8.21. The molecule has 0 aliphatic heterocycles. The van der Waals surface area contributed by atoms with E-state index in [2.05, 4.69) is 19.1 Å². The Labute approximate surface area is 141 Å². The van der Waals surface area contributed by atoms with E-state index in [9.17, 15) is 4.79 Å². The minimum atomic E-state index is -0.132.